The van der Waals surface area contributed by atoms with E-state index in [0.29, 0.717) is 59.8 Å². The third-order valence-electron chi connectivity index (χ3n) is 10.2. The highest BCUT2D eigenvalue weighted by Crippen LogP contribution is 2.49. The summed E-state index contributed by atoms with van der Waals surface area (Å²) in [5.74, 6) is -0.429. The normalized spacial score (nSPS) is 19.8. The van der Waals surface area contributed by atoms with Crippen molar-refractivity contribution in [3.05, 3.63) is 94.1 Å². The van der Waals surface area contributed by atoms with Crippen LogP contribution in [0.4, 0.5) is 11.4 Å². The highest BCUT2D eigenvalue weighted by molar-refractivity contribution is 7.86. The summed E-state index contributed by atoms with van der Waals surface area (Å²) in [7, 11) is -17.4. The van der Waals surface area contributed by atoms with Gasteiger partial charge in [-0.25, -0.2) is 0 Å². The molecule has 0 saturated heterocycles. The summed E-state index contributed by atoms with van der Waals surface area (Å²) in [4.78, 5) is 1.31. The lowest BCUT2D eigenvalue weighted by atomic mass is 9.81. The summed E-state index contributed by atoms with van der Waals surface area (Å²) >= 11 is 6.94. The van der Waals surface area contributed by atoms with Crippen LogP contribution in [0.15, 0.2) is 92.7 Å². The van der Waals surface area contributed by atoms with Gasteiger partial charge in [-0.15, -0.1) is 0 Å². The van der Waals surface area contributed by atoms with Crippen molar-refractivity contribution in [2.24, 2.45) is 0 Å². The number of hydrogen-bond donors (Lipinski definition) is 4. The summed E-state index contributed by atoms with van der Waals surface area (Å²) < 4.78 is 146. The van der Waals surface area contributed by atoms with E-state index in [1.165, 1.54) is 24.3 Å². The lowest BCUT2D eigenvalue weighted by molar-refractivity contribution is -0.438. The van der Waals surface area contributed by atoms with E-state index >= 15 is 0 Å². The van der Waals surface area contributed by atoms with E-state index in [2.05, 4.69) is 0 Å². The minimum atomic E-state index is -4.53. The Morgan fingerprint density at radius 3 is 1.90 bits per heavy atom. The highest BCUT2D eigenvalue weighted by atomic mass is 35.5. The minimum absolute atomic E-state index is 0.0922. The molecule has 16 nitrogen and oxygen atoms in total. The number of anilines is 1. The number of allylic oxidation sites excluding steroid dienone is 6. The van der Waals surface area contributed by atoms with Gasteiger partial charge < -0.3 is 14.4 Å². The van der Waals surface area contributed by atoms with Crippen LogP contribution in [0, 0.1) is 0 Å². The molecule has 318 valence electrons. The molecule has 0 radical (unpaired) electrons. The number of unbranched alkanes of at least 4 members (excludes halogenated alkanes) is 2. The fourth-order valence-electron chi connectivity index (χ4n) is 7.32. The first-order chi connectivity index (χ1) is 26.7. The van der Waals surface area contributed by atoms with Crippen LogP contribution in [0.1, 0.15) is 64.5 Å². The van der Waals surface area contributed by atoms with Crippen LogP contribution in [-0.2, 0) is 60.8 Å². The van der Waals surface area contributed by atoms with Gasteiger partial charge in [-0.05, 0) is 87.2 Å². The molecule has 0 bridgehead atoms. The summed E-state index contributed by atoms with van der Waals surface area (Å²) in [6.45, 7) is 8.23. The second kappa shape index (κ2) is 16.8. The average Bonchev–Trinajstić information content (AvgIpc) is 3.34. The lowest BCUT2D eigenvalue weighted by Crippen LogP contribution is -2.28. The Morgan fingerprint density at radius 1 is 0.724 bits per heavy atom. The molecule has 3 aliphatic heterocycles. The first-order valence-electron chi connectivity index (χ1n) is 18.0. The molecule has 0 fully saturated rings. The third kappa shape index (κ3) is 10.4. The molecule has 3 aliphatic rings. The molecule has 2 aromatic carbocycles. The van der Waals surface area contributed by atoms with Gasteiger partial charge in [0.2, 0.25) is 5.69 Å². The Morgan fingerprint density at radius 2 is 1.29 bits per heavy atom. The number of nitrogens with zero attached hydrogens (tertiary/aromatic N) is 2. The number of benzene rings is 2. The van der Waals surface area contributed by atoms with Crippen LogP contribution in [0.5, 0.6) is 0 Å². The quantitative estimate of drug-likeness (QED) is 0.0979. The van der Waals surface area contributed by atoms with Gasteiger partial charge in [-0.1, -0.05) is 25.4 Å². The molecule has 3 heterocycles. The van der Waals surface area contributed by atoms with E-state index in [9.17, 15) is 51.9 Å². The number of halogens is 1. The zero-order valence-corrected chi connectivity index (χ0v) is 36.1. The molecule has 0 atom stereocenters. The molecule has 21 heteroatoms. The molecule has 0 aliphatic carbocycles. The molecule has 0 amide bonds. The van der Waals surface area contributed by atoms with E-state index in [4.69, 9.17) is 21.1 Å². The van der Waals surface area contributed by atoms with Crippen LogP contribution >= 0.6 is 11.6 Å². The van der Waals surface area contributed by atoms with Crippen LogP contribution in [0.25, 0.3) is 0 Å². The first-order valence-corrected chi connectivity index (χ1v) is 24.5. The van der Waals surface area contributed by atoms with Gasteiger partial charge in [0.25, 0.3) is 40.5 Å². The molecular formula is C37H46ClN2O14S4+. The van der Waals surface area contributed by atoms with Gasteiger partial charge in [-0.3, -0.25) is 18.2 Å². The second-order valence-corrected chi connectivity index (χ2v) is 21.4. The van der Waals surface area contributed by atoms with Crippen LogP contribution < -0.4 is 4.90 Å². The maximum atomic E-state index is 12.1. The maximum absolute atomic E-state index is 12.1. The van der Waals surface area contributed by atoms with E-state index < -0.39 is 62.8 Å². The molecule has 0 unspecified atom stereocenters. The highest BCUT2D eigenvalue weighted by Gasteiger charge is 2.45. The predicted molar refractivity (Wildman–Crippen MR) is 217 cm³/mol. The van der Waals surface area contributed by atoms with Crippen LogP contribution in [0.2, 0.25) is 0 Å². The van der Waals surface area contributed by atoms with E-state index in [-0.39, 0.29) is 52.4 Å². The first kappa shape index (κ1) is 45.5. The molecule has 0 spiro atoms. The molecule has 2 aromatic rings. The smallest absolute Gasteiger partial charge is 0.294 e. The predicted octanol–water partition coefficient (Wildman–Crippen LogP) is 5.51. The van der Waals surface area contributed by atoms with Crippen molar-refractivity contribution in [1.82, 2.24) is 0 Å². The maximum Gasteiger partial charge on any atom is 0.294 e. The van der Waals surface area contributed by atoms with Gasteiger partial charge >= 0.3 is 0 Å². The Kier molecular flexibility index (Phi) is 13.2. The Labute approximate surface area is 344 Å². The van der Waals surface area contributed by atoms with Crippen molar-refractivity contribution in [2.75, 3.05) is 42.7 Å². The number of hydrogen-bond acceptors (Lipinski definition) is 11. The van der Waals surface area contributed by atoms with Crippen LogP contribution in [0.3, 0.4) is 0 Å². The fourth-order valence-corrected chi connectivity index (χ4v) is 9.71. The van der Waals surface area contributed by atoms with E-state index in [0.717, 1.165) is 0 Å². The SMILES string of the molecule is CC1(C)C(=CC=C2OCCOC(C=CC3=[N+](CCCCS(=O)(=O)O)c4ccc(S(=O)(=O)O)cc4C3(C)C)=C2Cl)N(CCCCS(=O)(=O)O)c2ccc(S(=O)(=O)O)cc21. The van der Waals surface area contributed by atoms with Gasteiger partial charge in [0.15, 0.2) is 5.71 Å². The summed E-state index contributed by atoms with van der Waals surface area (Å²) in [5, 5.41) is 0.0922. The lowest BCUT2D eigenvalue weighted by Gasteiger charge is -2.27. The number of ether oxygens (including phenoxy) is 2. The molecule has 0 aromatic heterocycles. The third-order valence-corrected chi connectivity index (χ3v) is 13.9. The van der Waals surface area contributed by atoms with Gasteiger partial charge in [0.1, 0.15) is 36.3 Å². The zero-order chi connectivity index (χ0) is 43.1. The second-order valence-electron chi connectivity index (χ2n) is 15.0. The van der Waals surface area contributed by atoms with Gasteiger partial charge in [0.05, 0.1) is 26.7 Å². The zero-order valence-electron chi connectivity index (χ0n) is 32.1. The minimum Gasteiger partial charge on any atom is -0.488 e. The van der Waals surface area contributed by atoms with Crippen molar-refractivity contribution in [3.63, 3.8) is 0 Å². The average molecular weight is 906 g/mol. The van der Waals surface area contributed by atoms with Crippen molar-refractivity contribution in [3.8, 4) is 0 Å². The van der Waals surface area contributed by atoms with Crippen LogP contribution in [-0.4, -0.2) is 100.0 Å². The standard InChI is InChI=1S/C37H45ClN2O14S4/c1-36(2)27-23-25(57(47,48)49)9-11-29(27)39(17-5-7-21-55(41,42)43)33(36)15-13-31-35(38)32(54-20-19-53-31)14-16-34-37(3,4)28-24-26(58(50,51)52)10-12-30(28)40(34)18-6-8-22-56(44,45)46/h9-16,23-24H,5-8,17-22H2,1-4H3,(H3-,41,42,43,44,45,46,47,48,49,50,51,52)/p+1. The monoisotopic (exact) mass is 905 g/mol. The Balaban J connectivity index is 1.54. The number of fused-ring (bicyclic) bond motifs is 2. The molecule has 5 rings (SSSR count). The number of rotatable bonds is 15. The fraction of sp³-hybridized carbons (Fsp3) is 0.432. The summed E-state index contributed by atoms with van der Waals surface area (Å²) in [6.07, 6.45) is 7.73. The van der Waals surface area contributed by atoms with Crippen molar-refractivity contribution >= 4 is 69.2 Å². The summed E-state index contributed by atoms with van der Waals surface area (Å²) in [6, 6.07) is 8.44. The molecular weight excluding hydrogens is 860 g/mol. The summed E-state index contributed by atoms with van der Waals surface area (Å²) in [5.41, 5.74) is 2.09. The van der Waals surface area contributed by atoms with Crippen molar-refractivity contribution in [1.29, 1.82) is 0 Å². The topological polar surface area (TPSA) is 242 Å². The Hall–Kier alpha value is -3.60. The van der Waals surface area contributed by atoms with Gasteiger partial charge in [0, 0.05) is 47.5 Å². The molecule has 58 heavy (non-hydrogen) atoms. The largest absolute Gasteiger partial charge is 0.488 e. The van der Waals surface area contributed by atoms with Crippen molar-refractivity contribution in [2.45, 2.75) is 74.0 Å². The van der Waals surface area contributed by atoms with E-state index in [1.54, 1.807) is 36.4 Å². The molecule has 0 saturated carbocycles. The van der Waals surface area contributed by atoms with E-state index in [1.807, 2.05) is 37.2 Å². The molecule has 4 N–H and O–H groups in total. The Bertz CT molecular complexity index is 2590. The van der Waals surface area contributed by atoms with Crippen molar-refractivity contribution < 1.29 is 65.9 Å². The van der Waals surface area contributed by atoms with Gasteiger partial charge in [-0.2, -0.15) is 38.2 Å².